The standard InChI is InChI=1S/C22H25ClFNO7/c1-3-30-22(28)31-11-16-18(24)19(26)20(27)21(32-16)13-5-6-15(23)14(9-13)8-12-4-7-17(29-2)25-10-12/h4-7,9-10,16,18-21,26-27H,3,8,11H2,1-2H3. The molecule has 1 saturated heterocycles. The van der Waals surface area contributed by atoms with E-state index in [0.29, 0.717) is 22.9 Å². The van der Waals surface area contributed by atoms with Crippen LogP contribution in [0.1, 0.15) is 29.7 Å². The smallest absolute Gasteiger partial charge is 0.481 e. The van der Waals surface area contributed by atoms with Crippen LogP contribution in [0.2, 0.25) is 5.02 Å². The molecule has 2 aromatic rings. The molecule has 5 unspecified atom stereocenters. The van der Waals surface area contributed by atoms with E-state index in [1.807, 2.05) is 6.07 Å². The van der Waals surface area contributed by atoms with Crippen molar-refractivity contribution in [1.29, 1.82) is 0 Å². The van der Waals surface area contributed by atoms with Crippen LogP contribution in [0.15, 0.2) is 36.5 Å². The first-order valence-electron chi connectivity index (χ1n) is 10.1. The van der Waals surface area contributed by atoms with Gasteiger partial charge in [-0.05, 0) is 29.7 Å². The fourth-order valence-corrected chi connectivity index (χ4v) is 3.60. The number of hydrogen-bond donors (Lipinski definition) is 2. The van der Waals surface area contributed by atoms with Crippen LogP contribution in [0.25, 0.3) is 0 Å². The summed E-state index contributed by atoms with van der Waals surface area (Å²) in [5, 5.41) is 21.1. The molecule has 8 nitrogen and oxygen atoms in total. The maximum absolute atomic E-state index is 14.5. The van der Waals surface area contributed by atoms with Gasteiger partial charge in [-0.15, -0.1) is 0 Å². The Labute approximate surface area is 189 Å². The molecule has 3 rings (SSSR count). The number of nitrogens with zero attached hydrogens (tertiary/aromatic N) is 1. The molecule has 10 heteroatoms. The summed E-state index contributed by atoms with van der Waals surface area (Å²) >= 11 is 6.35. The average Bonchev–Trinajstić information content (AvgIpc) is 2.79. The second kappa shape index (κ2) is 10.9. The molecule has 2 heterocycles. The molecule has 0 spiro atoms. The molecule has 1 fully saturated rings. The molecule has 1 aromatic carbocycles. The number of hydrogen-bond acceptors (Lipinski definition) is 8. The van der Waals surface area contributed by atoms with Gasteiger partial charge in [-0.25, -0.2) is 14.2 Å². The zero-order chi connectivity index (χ0) is 23.3. The predicted molar refractivity (Wildman–Crippen MR) is 113 cm³/mol. The minimum atomic E-state index is -1.95. The SMILES string of the molecule is CCOC(=O)OCC1OC(c2ccc(Cl)c(Cc3ccc(OC)nc3)c2)C(O)C(O)C1F. The topological polar surface area (TPSA) is 107 Å². The number of methoxy groups -OCH3 is 1. The highest BCUT2D eigenvalue weighted by Gasteiger charge is 2.46. The molecule has 1 aromatic heterocycles. The molecule has 32 heavy (non-hydrogen) atoms. The number of benzene rings is 1. The highest BCUT2D eigenvalue weighted by molar-refractivity contribution is 6.31. The number of aliphatic hydroxyl groups excluding tert-OH is 2. The second-order valence-electron chi connectivity index (χ2n) is 7.25. The third-order valence-electron chi connectivity index (χ3n) is 5.09. The number of rotatable bonds is 7. The first kappa shape index (κ1) is 24.2. The summed E-state index contributed by atoms with van der Waals surface area (Å²) in [4.78, 5) is 15.6. The zero-order valence-corrected chi connectivity index (χ0v) is 18.4. The molecule has 1 aliphatic heterocycles. The van der Waals surface area contributed by atoms with Crippen molar-refractivity contribution in [2.45, 2.75) is 43.9 Å². The summed E-state index contributed by atoms with van der Waals surface area (Å²) in [6, 6.07) is 8.56. The van der Waals surface area contributed by atoms with Crippen LogP contribution >= 0.6 is 11.6 Å². The molecular formula is C22H25ClFNO7. The third-order valence-corrected chi connectivity index (χ3v) is 5.46. The van der Waals surface area contributed by atoms with E-state index >= 15 is 0 Å². The Morgan fingerprint density at radius 3 is 2.66 bits per heavy atom. The Kier molecular flexibility index (Phi) is 8.25. The Morgan fingerprint density at radius 1 is 1.22 bits per heavy atom. The minimum Gasteiger partial charge on any atom is -0.481 e. The van der Waals surface area contributed by atoms with E-state index < -0.39 is 43.3 Å². The molecule has 1 aliphatic rings. The highest BCUT2D eigenvalue weighted by atomic mass is 35.5. The van der Waals surface area contributed by atoms with Crippen LogP contribution in [-0.2, 0) is 20.6 Å². The van der Waals surface area contributed by atoms with Crippen LogP contribution in [0.5, 0.6) is 5.88 Å². The van der Waals surface area contributed by atoms with Crippen LogP contribution < -0.4 is 4.74 Å². The molecule has 5 atom stereocenters. The number of alkyl halides is 1. The quantitative estimate of drug-likeness (QED) is 0.596. The lowest BCUT2D eigenvalue weighted by Crippen LogP contribution is -2.53. The number of carbonyl (C=O) groups is 1. The van der Waals surface area contributed by atoms with Crippen molar-refractivity contribution in [3.05, 3.63) is 58.2 Å². The number of aliphatic hydroxyl groups is 2. The van der Waals surface area contributed by atoms with Gasteiger partial charge in [-0.3, -0.25) is 0 Å². The molecule has 0 saturated carbocycles. The summed E-state index contributed by atoms with van der Waals surface area (Å²) in [6.07, 6.45) is -6.42. The lowest BCUT2D eigenvalue weighted by atomic mass is 9.91. The van der Waals surface area contributed by atoms with Crippen molar-refractivity contribution in [2.75, 3.05) is 20.3 Å². The summed E-state index contributed by atoms with van der Waals surface area (Å²) in [5.41, 5.74) is 2.09. The van der Waals surface area contributed by atoms with E-state index in [4.69, 9.17) is 25.8 Å². The Morgan fingerprint density at radius 2 is 2.00 bits per heavy atom. The maximum Gasteiger partial charge on any atom is 0.508 e. The van der Waals surface area contributed by atoms with Gasteiger partial charge in [-0.1, -0.05) is 29.8 Å². The molecule has 2 N–H and O–H groups in total. The predicted octanol–water partition coefficient (Wildman–Crippen LogP) is 3.01. The van der Waals surface area contributed by atoms with Gasteiger partial charge in [0.15, 0.2) is 6.17 Å². The van der Waals surface area contributed by atoms with Crippen LogP contribution in [-0.4, -0.2) is 66.2 Å². The maximum atomic E-state index is 14.5. The van der Waals surface area contributed by atoms with E-state index in [1.54, 1.807) is 37.4 Å². The van der Waals surface area contributed by atoms with Gasteiger partial charge in [-0.2, -0.15) is 0 Å². The second-order valence-corrected chi connectivity index (χ2v) is 7.66. The van der Waals surface area contributed by atoms with E-state index in [0.717, 1.165) is 11.1 Å². The Bertz CT molecular complexity index is 914. The number of carbonyl (C=O) groups excluding carboxylic acids is 1. The first-order chi connectivity index (χ1) is 15.3. The summed E-state index contributed by atoms with van der Waals surface area (Å²) < 4.78 is 34.7. The van der Waals surface area contributed by atoms with Crippen LogP contribution in [0.4, 0.5) is 9.18 Å². The summed E-state index contributed by atoms with van der Waals surface area (Å²) in [5.74, 6) is 0.484. The summed E-state index contributed by atoms with van der Waals surface area (Å²) in [6.45, 7) is 1.23. The van der Waals surface area contributed by atoms with Gasteiger partial charge in [0.05, 0.1) is 13.7 Å². The van der Waals surface area contributed by atoms with Gasteiger partial charge in [0.25, 0.3) is 0 Å². The van der Waals surface area contributed by atoms with Crippen molar-refractivity contribution in [3.8, 4) is 5.88 Å². The molecule has 0 radical (unpaired) electrons. The van der Waals surface area contributed by atoms with Crippen LogP contribution in [0.3, 0.4) is 0 Å². The van der Waals surface area contributed by atoms with Gasteiger partial charge in [0.1, 0.15) is 31.0 Å². The van der Waals surface area contributed by atoms with Crippen molar-refractivity contribution in [1.82, 2.24) is 4.98 Å². The van der Waals surface area contributed by atoms with Crippen molar-refractivity contribution >= 4 is 17.8 Å². The van der Waals surface area contributed by atoms with Crippen LogP contribution in [0, 0.1) is 0 Å². The van der Waals surface area contributed by atoms with Crippen molar-refractivity contribution in [3.63, 3.8) is 0 Å². The molecular weight excluding hydrogens is 445 g/mol. The molecule has 0 amide bonds. The molecule has 174 valence electrons. The van der Waals surface area contributed by atoms with E-state index in [-0.39, 0.29) is 6.61 Å². The normalized spacial score (nSPS) is 25.2. The number of aromatic nitrogens is 1. The third kappa shape index (κ3) is 5.66. The highest BCUT2D eigenvalue weighted by Crippen LogP contribution is 2.35. The molecule has 0 bridgehead atoms. The van der Waals surface area contributed by atoms with E-state index in [9.17, 15) is 19.4 Å². The first-order valence-corrected chi connectivity index (χ1v) is 10.4. The number of ether oxygens (including phenoxy) is 4. The largest absolute Gasteiger partial charge is 0.508 e. The Balaban J connectivity index is 1.78. The van der Waals surface area contributed by atoms with Gasteiger partial charge in [0, 0.05) is 23.7 Å². The lowest BCUT2D eigenvalue weighted by Gasteiger charge is -2.39. The summed E-state index contributed by atoms with van der Waals surface area (Å²) in [7, 11) is 1.53. The van der Waals surface area contributed by atoms with Gasteiger partial charge < -0.3 is 29.2 Å². The Hall–Kier alpha value is -2.46. The van der Waals surface area contributed by atoms with Gasteiger partial charge >= 0.3 is 6.16 Å². The van der Waals surface area contributed by atoms with Crippen molar-refractivity contribution < 1.29 is 38.3 Å². The fourth-order valence-electron chi connectivity index (χ4n) is 3.41. The number of pyridine rings is 1. The van der Waals surface area contributed by atoms with E-state index in [2.05, 4.69) is 9.72 Å². The van der Waals surface area contributed by atoms with Gasteiger partial charge in [0.2, 0.25) is 5.88 Å². The average molecular weight is 470 g/mol. The minimum absolute atomic E-state index is 0.102. The zero-order valence-electron chi connectivity index (χ0n) is 17.6. The van der Waals surface area contributed by atoms with Crippen molar-refractivity contribution in [2.24, 2.45) is 0 Å². The number of halogens is 2. The fraction of sp³-hybridized carbons (Fsp3) is 0.455. The lowest BCUT2D eigenvalue weighted by molar-refractivity contribution is -0.215. The van der Waals surface area contributed by atoms with E-state index in [1.165, 1.54) is 7.11 Å². The monoisotopic (exact) mass is 469 g/mol. The molecule has 0 aliphatic carbocycles.